The lowest BCUT2D eigenvalue weighted by Crippen LogP contribution is -2.11. The molecule has 0 aliphatic rings. The quantitative estimate of drug-likeness (QED) is 0.221. The molecule has 1 unspecified atom stereocenters. The lowest BCUT2D eigenvalue weighted by Gasteiger charge is -2.16. The third kappa shape index (κ3) is 4.59. The van der Waals surface area contributed by atoms with E-state index in [4.69, 9.17) is 26.1 Å². The summed E-state index contributed by atoms with van der Waals surface area (Å²) < 4.78 is 13.6. The van der Waals surface area contributed by atoms with Crippen molar-refractivity contribution in [2.45, 2.75) is 25.8 Å². The van der Waals surface area contributed by atoms with Gasteiger partial charge >= 0.3 is 0 Å². The Morgan fingerprint density at radius 3 is 2.44 bits per heavy atom. The first-order chi connectivity index (χ1) is 16.6. The zero-order valence-electron chi connectivity index (χ0n) is 19.4. The molecule has 1 heterocycles. The van der Waals surface area contributed by atoms with E-state index in [0.29, 0.717) is 11.6 Å². The third-order valence-electron chi connectivity index (χ3n) is 6.25. The molecule has 0 saturated carbocycles. The number of para-hydroxylation sites is 2. The topological polar surface area (TPSA) is 36.3 Å². The van der Waals surface area contributed by atoms with Crippen molar-refractivity contribution in [3.05, 3.63) is 101 Å². The number of ether oxygens (including phenoxy) is 2. The predicted molar refractivity (Wildman–Crippen MR) is 139 cm³/mol. The molecule has 0 saturated heterocycles. The number of nitrogens with zero attached hydrogens (tertiary/aromatic N) is 2. The van der Waals surface area contributed by atoms with Crippen molar-refractivity contribution in [1.29, 1.82) is 0 Å². The van der Waals surface area contributed by atoms with Gasteiger partial charge in [0.25, 0.3) is 0 Å². The Bertz CT molecular complexity index is 1430. The van der Waals surface area contributed by atoms with Gasteiger partial charge in [-0.15, -0.1) is 0 Å². The number of benzene rings is 4. The van der Waals surface area contributed by atoms with Crippen molar-refractivity contribution in [2.24, 2.45) is 0 Å². The van der Waals surface area contributed by atoms with Crippen molar-refractivity contribution in [3.8, 4) is 11.5 Å². The summed E-state index contributed by atoms with van der Waals surface area (Å²) in [6.45, 7) is 3.69. The summed E-state index contributed by atoms with van der Waals surface area (Å²) >= 11 is 5.97. The van der Waals surface area contributed by atoms with Crippen molar-refractivity contribution in [1.82, 2.24) is 9.55 Å². The molecule has 0 N–H and O–H groups in total. The van der Waals surface area contributed by atoms with Crippen LogP contribution in [0.3, 0.4) is 0 Å². The van der Waals surface area contributed by atoms with Gasteiger partial charge in [-0.3, -0.25) is 0 Å². The van der Waals surface area contributed by atoms with E-state index in [1.165, 1.54) is 16.3 Å². The summed E-state index contributed by atoms with van der Waals surface area (Å²) in [4.78, 5) is 5.03. The summed E-state index contributed by atoms with van der Waals surface area (Å²) in [6.07, 6.45) is 0.875. The number of rotatable bonds is 8. The SMILES string of the molecule is COc1ccc2cc(C(C)c3nc4ccccc4n3CCCOc3ccc(Cl)cc3)ccc2c1. The fourth-order valence-electron chi connectivity index (χ4n) is 4.39. The van der Waals surface area contributed by atoms with Crippen LogP contribution < -0.4 is 9.47 Å². The highest BCUT2D eigenvalue weighted by Crippen LogP contribution is 2.31. The molecule has 5 heteroatoms. The standard InChI is InChI=1S/C29H27ClN2O2/c1-20(21-8-9-23-19-26(33-2)13-10-22(23)18-21)29-31-27-6-3-4-7-28(27)32(29)16-5-17-34-25-14-11-24(30)12-15-25/h3-4,6-15,18-20H,5,16-17H2,1-2H3. The van der Waals surface area contributed by atoms with Gasteiger partial charge in [-0.1, -0.05) is 54.9 Å². The van der Waals surface area contributed by atoms with Crippen LogP contribution in [0, 0.1) is 0 Å². The van der Waals surface area contributed by atoms with Crippen molar-refractivity contribution in [3.63, 3.8) is 0 Å². The minimum Gasteiger partial charge on any atom is -0.497 e. The third-order valence-corrected chi connectivity index (χ3v) is 6.50. The van der Waals surface area contributed by atoms with E-state index < -0.39 is 0 Å². The smallest absolute Gasteiger partial charge is 0.119 e. The molecule has 4 nitrogen and oxygen atoms in total. The number of imidazole rings is 1. The van der Waals surface area contributed by atoms with Crippen LogP contribution in [0.1, 0.15) is 30.7 Å². The molecule has 1 aromatic heterocycles. The van der Waals surface area contributed by atoms with Crippen LogP contribution in [0.4, 0.5) is 0 Å². The zero-order valence-corrected chi connectivity index (χ0v) is 20.1. The van der Waals surface area contributed by atoms with E-state index in [1.54, 1.807) is 7.11 Å². The number of hydrogen-bond acceptors (Lipinski definition) is 3. The first kappa shape index (κ1) is 22.3. The minimum atomic E-state index is 0.149. The van der Waals surface area contributed by atoms with Gasteiger partial charge in [0.1, 0.15) is 17.3 Å². The van der Waals surface area contributed by atoms with E-state index >= 15 is 0 Å². The van der Waals surface area contributed by atoms with E-state index in [1.807, 2.05) is 36.4 Å². The second-order valence-corrected chi connectivity index (χ2v) is 8.90. The zero-order chi connectivity index (χ0) is 23.5. The fraction of sp³-hybridized carbons (Fsp3) is 0.207. The van der Waals surface area contributed by atoms with Gasteiger partial charge in [-0.05, 0) is 71.3 Å². The van der Waals surface area contributed by atoms with Crippen LogP contribution in [0.25, 0.3) is 21.8 Å². The van der Waals surface area contributed by atoms with Gasteiger partial charge in [-0.25, -0.2) is 4.98 Å². The van der Waals surface area contributed by atoms with Gasteiger partial charge in [0.05, 0.1) is 24.8 Å². The van der Waals surface area contributed by atoms with Crippen molar-refractivity contribution < 1.29 is 9.47 Å². The molecule has 5 rings (SSSR count). The average molecular weight is 471 g/mol. The Morgan fingerprint density at radius 1 is 0.882 bits per heavy atom. The van der Waals surface area contributed by atoms with E-state index in [9.17, 15) is 0 Å². The predicted octanol–water partition coefficient (Wildman–Crippen LogP) is 7.47. The Labute approximate surface area is 204 Å². The molecule has 34 heavy (non-hydrogen) atoms. The Morgan fingerprint density at radius 2 is 1.62 bits per heavy atom. The average Bonchev–Trinajstić information content (AvgIpc) is 3.25. The second-order valence-electron chi connectivity index (χ2n) is 8.46. The van der Waals surface area contributed by atoms with E-state index in [0.717, 1.165) is 41.3 Å². The van der Waals surface area contributed by atoms with Crippen LogP contribution in [-0.2, 0) is 6.54 Å². The molecule has 0 aliphatic carbocycles. The molecule has 5 aromatic rings. The van der Waals surface area contributed by atoms with Crippen LogP contribution in [0.5, 0.6) is 11.5 Å². The van der Waals surface area contributed by atoms with Gasteiger partial charge in [-0.2, -0.15) is 0 Å². The minimum absolute atomic E-state index is 0.149. The molecule has 0 bridgehead atoms. The Kier molecular flexibility index (Phi) is 6.41. The van der Waals surface area contributed by atoms with E-state index in [2.05, 4.69) is 60.0 Å². The van der Waals surface area contributed by atoms with Gasteiger partial charge in [0, 0.05) is 17.5 Å². The molecule has 0 amide bonds. The number of halogens is 1. The number of aryl methyl sites for hydroxylation is 1. The second kappa shape index (κ2) is 9.78. The monoisotopic (exact) mass is 470 g/mol. The normalized spacial score (nSPS) is 12.2. The largest absolute Gasteiger partial charge is 0.497 e. The summed E-state index contributed by atoms with van der Waals surface area (Å²) in [6, 6.07) is 28.6. The first-order valence-electron chi connectivity index (χ1n) is 11.5. The lowest BCUT2D eigenvalue weighted by molar-refractivity contribution is 0.301. The van der Waals surface area contributed by atoms with Crippen LogP contribution in [0.15, 0.2) is 84.9 Å². The molecule has 0 fully saturated rings. The highest BCUT2D eigenvalue weighted by atomic mass is 35.5. The summed E-state index contributed by atoms with van der Waals surface area (Å²) in [5, 5.41) is 3.08. The first-order valence-corrected chi connectivity index (χ1v) is 11.9. The fourth-order valence-corrected chi connectivity index (χ4v) is 4.52. The lowest BCUT2D eigenvalue weighted by atomic mass is 9.97. The molecule has 1 atom stereocenters. The summed E-state index contributed by atoms with van der Waals surface area (Å²) in [5.74, 6) is 2.92. The molecule has 0 radical (unpaired) electrons. The number of fused-ring (bicyclic) bond motifs is 2. The molecular weight excluding hydrogens is 444 g/mol. The van der Waals surface area contributed by atoms with Crippen LogP contribution in [0.2, 0.25) is 5.02 Å². The molecule has 4 aromatic carbocycles. The maximum absolute atomic E-state index is 5.97. The highest BCUT2D eigenvalue weighted by Gasteiger charge is 2.18. The van der Waals surface area contributed by atoms with Gasteiger partial charge in [0.15, 0.2) is 0 Å². The molecular formula is C29H27ClN2O2. The van der Waals surface area contributed by atoms with Crippen LogP contribution >= 0.6 is 11.6 Å². The van der Waals surface area contributed by atoms with Crippen molar-refractivity contribution in [2.75, 3.05) is 13.7 Å². The molecule has 0 spiro atoms. The summed E-state index contributed by atoms with van der Waals surface area (Å²) in [7, 11) is 1.70. The van der Waals surface area contributed by atoms with E-state index in [-0.39, 0.29) is 5.92 Å². The van der Waals surface area contributed by atoms with Crippen molar-refractivity contribution >= 4 is 33.4 Å². The maximum Gasteiger partial charge on any atom is 0.119 e. The van der Waals surface area contributed by atoms with Gasteiger partial charge < -0.3 is 14.0 Å². The van der Waals surface area contributed by atoms with Gasteiger partial charge in [0.2, 0.25) is 0 Å². The number of methoxy groups -OCH3 is 1. The number of aromatic nitrogens is 2. The highest BCUT2D eigenvalue weighted by molar-refractivity contribution is 6.30. The van der Waals surface area contributed by atoms with Crippen LogP contribution in [-0.4, -0.2) is 23.3 Å². The Hall–Kier alpha value is -3.50. The maximum atomic E-state index is 5.97. The Balaban J connectivity index is 1.39. The number of hydrogen-bond donors (Lipinski definition) is 0. The molecule has 0 aliphatic heterocycles. The summed E-state index contributed by atoms with van der Waals surface area (Å²) in [5.41, 5.74) is 3.42. The molecule has 172 valence electrons.